The Morgan fingerprint density at radius 3 is 2.66 bits per heavy atom. The number of nitrogens with zero attached hydrogens (tertiary/aromatic N) is 4. The Bertz CT molecular complexity index is 1050. The normalized spacial score (nSPS) is 15.2. The van der Waals surface area contributed by atoms with Crippen molar-refractivity contribution in [3.63, 3.8) is 0 Å². The van der Waals surface area contributed by atoms with Gasteiger partial charge in [0.25, 0.3) is 0 Å². The Kier molecular flexibility index (Phi) is 8.42. The maximum atomic E-state index is 6.59. The van der Waals surface area contributed by atoms with E-state index in [0.717, 1.165) is 53.1 Å². The first-order chi connectivity index (χ1) is 15.5. The number of ether oxygens (including phenoxy) is 1. The number of benzene rings is 1. The van der Waals surface area contributed by atoms with Crippen molar-refractivity contribution >= 4 is 39.6 Å². The predicted octanol–water partition coefficient (Wildman–Crippen LogP) is 4.74. The maximum Gasteiger partial charge on any atom is 0.146 e. The molecule has 3 rings (SSSR count). The topological polar surface area (TPSA) is 62.1 Å². The van der Waals surface area contributed by atoms with Crippen LogP contribution in [0.25, 0.3) is 16.5 Å². The molecule has 0 spiro atoms. The van der Waals surface area contributed by atoms with Gasteiger partial charge in [0.2, 0.25) is 0 Å². The van der Waals surface area contributed by atoms with Crippen molar-refractivity contribution < 1.29 is 4.74 Å². The van der Waals surface area contributed by atoms with Crippen LogP contribution in [0.15, 0.2) is 53.1 Å². The zero-order valence-corrected chi connectivity index (χ0v) is 20.0. The lowest BCUT2D eigenvalue weighted by atomic mass is 10.0. The van der Waals surface area contributed by atoms with Gasteiger partial charge in [-0.1, -0.05) is 43.8 Å². The van der Waals surface area contributed by atoms with Crippen LogP contribution in [0.1, 0.15) is 31.7 Å². The van der Waals surface area contributed by atoms with Gasteiger partial charge in [0.05, 0.1) is 41.0 Å². The summed E-state index contributed by atoms with van der Waals surface area (Å²) in [5, 5.41) is 5.97. The summed E-state index contributed by atoms with van der Waals surface area (Å²) in [6.07, 6.45) is 1.39. The predicted molar refractivity (Wildman–Crippen MR) is 136 cm³/mol. The number of hydrogen-bond donors (Lipinski definition) is 1. The summed E-state index contributed by atoms with van der Waals surface area (Å²) in [7, 11) is 1.75. The van der Waals surface area contributed by atoms with Crippen LogP contribution in [0.5, 0.6) is 0 Å². The van der Waals surface area contributed by atoms with E-state index in [1.807, 2.05) is 31.2 Å². The van der Waals surface area contributed by atoms with Crippen LogP contribution in [0, 0.1) is 0 Å². The second kappa shape index (κ2) is 11.2. The number of halogens is 1. The van der Waals surface area contributed by atoms with Crippen LogP contribution >= 0.6 is 11.6 Å². The highest BCUT2D eigenvalue weighted by Crippen LogP contribution is 2.29. The van der Waals surface area contributed by atoms with Gasteiger partial charge < -0.3 is 15.0 Å². The molecule has 1 aromatic heterocycles. The minimum Gasteiger partial charge on any atom is -0.378 e. The highest BCUT2D eigenvalue weighted by Gasteiger charge is 2.17. The molecule has 1 aromatic carbocycles. The van der Waals surface area contributed by atoms with Gasteiger partial charge in [0, 0.05) is 44.2 Å². The molecule has 32 heavy (non-hydrogen) atoms. The SMILES string of the molecule is C=C(NC(=NC)C(CC)=NCC)c1cc2cccc(Cl)c2c(CC(=C)N2CCOCC2)n1. The molecule has 0 bridgehead atoms. The third-order valence-corrected chi connectivity index (χ3v) is 5.79. The first kappa shape index (κ1) is 24.0. The number of aromatic nitrogens is 1. The summed E-state index contributed by atoms with van der Waals surface area (Å²) < 4.78 is 5.47. The quantitative estimate of drug-likeness (QED) is 0.463. The van der Waals surface area contributed by atoms with Crippen molar-refractivity contribution in [3.05, 3.63) is 59.5 Å². The number of amidine groups is 1. The number of pyridine rings is 1. The monoisotopic (exact) mass is 453 g/mol. The van der Waals surface area contributed by atoms with Crippen molar-refractivity contribution in [2.45, 2.75) is 26.7 Å². The van der Waals surface area contributed by atoms with E-state index in [0.29, 0.717) is 42.7 Å². The zero-order valence-electron chi connectivity index (χ0n) is 19.2. The number of aliphatic imine (C=N–C) groups is 2. The van der Waals surface area contributed by atoms with Crippen molar-refractivity contribution in [2.75, 3.05) is 39.9 Å². The number of allylic oxidation sites excluding steroid dienone is 1. The molecule has 0 radical (unpaired) electrons. The molecule has 7 heteroatoms. The fourth-order valence-electron chi connectivity index (χ4n) is 3.82. The molecule has 0 atom stereocenters. The molecule has 1 aliphatic heterocycles. The molecule has 1 aliphatic rings. The van der Waals surface area contributed by atoms with Gasteiger partial charge >= 0.3 is 0 Å². The molecule has 0 amide bonds. The summed E-state index contributed by atoms with van der Waals surface area (Å²) in [6, 6.07) is 7.90. The molecule has 2 aromatic rings. The van der Waals surface area contributed by atoms with Crippen LogP contribution in [0.2, 0.25) is 5.02 Å². The first-order valence-electron chi connectivity index (χ1n) is 11.0. The smallest absolute Gasteiger partial charge is 0.146 e. The lowest BCUT2D eigenvalue weighted by molar-refractivity contribution is 0.0528. The van der Waals surface area contributed by atoms with Gasteiger partial charge in [-0.25, -0.2) is 0 Å². The third-order valence-electron chi connectivity index (χ3n) is 5.47. The molecule has 170 valence electrons. The summed E-state index contributed by atoms with van der Waals surface area (Å²) in [6.45, 7) is 16.4. The molecule has 2 heterocycles. The van der Waals surface area contributed by atoms with E-state index in [1.165, 1.54) is 0 Å². The largest absolute Gasteiger partial charge is 0.378 e. The Labute approximate surface area is 195 Å². The summed E-state index contributed by atoms with van der Waals surface area (Å²) in [5.74, 6) is 0.714. The molecule has 6 nitrogen and oxygen atoms in total. The lowest BCUT2D eigenvalue weighted by Gasteiger charge is -2.30. The van der Waals surface area contributed by atoms with Crippen LogP contribution in [-0.2, 0) is 11.2 Å². The van der Waals surface area contributed by atoms with Crippen molar-refractivity contribution in [1.29, 1.82) is 0 Å². The standard InChI is InChI=1S/C25H32ClN5O/c1-6-21(28-7-2)25(27-5)29-18(4)22-16-19-9-8-10-20(26)24(19)23(30-22)15-17(3)31-11-13-32-14-12-31/h8-10,16H,3-4,6-7,11-15H2,1-2,5H3,(H,27,29). The summed E-state index contributed by atoms with van der Waals surface area (Å²) >= 11 is 6.59. The second-order valence-corrected chi connectivity index (χ2v) is 7.99. The summed E-state index contributed by atoms with van der Waals surface area (Å²) in [5.41, 5.74) is 4.23. The minimum atomic E-state index is 0.605. The fourth-order valence-corrected chi connectivity index (χ4v) is 4.11. The van der Waals surface area contributed by atoms with E-state index in [4.69, 9.17) is 21.3 Å². The van der Waals surface area contributed by atoms with Gasteiger partial charge in [0.1, 0.15) is 5.84 Å². The van der Waals surface area contributed by atoms with Crippen molar-refractivity contribution in [2.24, 2.45) is 9.98 Å². The number of hydrogen-bond acceptors (Lipinski definition) is 5. The fraction of sp³-hybridized carbons (Fsp3) is 0.400. The van der Waals surface area contributed by atoms with Gasteiger partial charge in [-0.15, -0.1) is 0 Å². The van der Waals surface area contributed by atoms with Crippen LogP contribution < -0.4 is 5.32 Å². The van der Waals surface area contributed by atoms with Crippen LogP contribution in [0.3, 0.4) is 0 Å². The average molecular weight is 454 g/mol. The minimum absolute atomic E-state index is 0.605. The van der Waals surface area contributed by atoms with E-state index in [-0.39, 0.29) is 0 Å². The number of nitrogens with one attached hydrogen (secondary N) is 1. The number of fused-ring (bicyclic) bond motifs is 1. The Hall–Kier alpha value is -2.70. The van der Waals surface area contributed by atoms with Gasteiger partial charge in [0.15, 0.2) is 0 Å². The van der Waals surface area contributed by atoms with Gasteiger partial charge in [-0.2, -0.15) is 0 Å². The highest BCUT2D eigenvalue weighted by molar-refractivity contribution is 6.42. The first-order valence-corrected chi connectivity index (χ1v) is 11.4. The van der Waals surface area contributed by atoms with Crippen molar-refractivity contribution in [3.8, 4) is 0 Å². The van der Waals surface area contributed by atoms with E-state index < -0.39 is 0 Å². The third kappa shape index (κ3) is 5.56. The van der Waals surface area contributed by atoms with E-state index in [2.05, 4.69) is 40.3 Å². The maximum absolute atomic E-state index is 6.59. The average Bonchev–Trinajstić information content (AvgIpc) is 2.81. The Morgan fingerprint density at radius 1 is 1.25 bits per heavy atom. The molecule has 0 saturated carbocycles. The van der Waals surface area contributed by atoms with E-state index in [1.54, 1.807) is 7.05 Å². The van der Waals surface area contributed by atoms with Crippen molar-refractivity contribution in [1.82, 2.24) is 15.2 Å². The second-order valence-electron chi connectivity index (χ2n) is 7.58. The van der Waals surface area contributed by atoms with E-state index in [9.17, 15) is 0 Å². The van der Waals surface area contributed by atoms with Gasteiger partial charge in [-0.05, 0) is 30.9 Å². The van der Waals surface area contributed by atoms with Crippen LogP contribution in [0.4, 0.5) is 0 Å². The van der Waals surface area contributed by atoms with Crippen LogP contribution in [-0.4, -0.2) is 61.3 Å². The Balaban J connectivity index is 1.95. The molecule has 1 saturated heterocycles. The molecule has 0 unspecified atom stereocenters. The van der Waals surface area contributed by atoms with E-state index >= 15 is 0 Å². The molecule has 0 aliphatic carbocycles. The molecular formula is C25H32ClN5O. The number of morpholine rings is 1. The molecular weight excluding hydrogens is 422 g/mol. The highest BCUT2D eigenvalue weighted by atomic mass is 35.5. The summed E-state index contributed by atoms with van der Waals surface area (Å²) in [4.78, 5) is 16.1. The Morgan fingerprint density at radius 2 is 2.00 bits per heavy atom. The van der Waals surface area contributed by atoms with Gasteiger partial charge in [-0.3, -0.25) is 15.0 Å². The zero-order chi connectivity index (χ0) is 23.1. The number of rotatable bonds is 8. The molecule has 1 fully saturated rings. The lowest BCUT2D eigenvalue weighted by Crippen LogP contribution is -2.36. The molecule has 1 N–H and O–H groups in total.